The second-order valence-corrected chi connectivity index (χ2v) is 6.18. The highest BCUT2D eigenvalue weighted by Gasteiger charge is 2.30. The summed E-state index contributed by atoms with van der Waals surface area (Å²) >= 11 is 25.2. The van der Waals surface area contributed by atoms with Gasteiger partial charge in [0.15, 0.2) is 0 Å². The summed E-state index contributed by atoms with van der Waals surface area (Å²) in [5.74, 6) is -0.753. The van der Waals surface area contributed by atoms with E-state index in [4.69, 9.17) is 46.4 Å². The van der Waals surface area contributed by atoms with E-state index in [1.165, 1.54) is 0 Å². The van der Waals surface area contributed by atoms with Gasteiger partial charge < -0.3 is 5.32 Å². The van der Waals surface area contributed by atoms with E-state index in [9.17, 15) is 4.79 Å². The predicted octanol–water partition coefficient (Wildman–Crippen LogP) is 4.41. The van der Waals surface area contributed by atoms with Gasteiger partial charge in [-0.25, -0.2) is 0 Å². The van der Waals surface area contributed by atoms with E-state index in [0.717, 1.165) is 4.47 Å². The number of hydrogen-bond donors (Lipinski definition) is 1. The van der Waals surface area contributed by atoms with Crippen molar-refractivity contribution in [2.24, 2.45) is 0 Å². The van der Waals surface area contributed by atoms with Crippen LogP contribution in [0.2, 0.25) is 5.02 Å². The Labute approximate surface area is 115 Å². The van der Waals surface area contributed by atoms with Crippen molar-refractivity contribution in [2.75, 3.05) is 5.32 Å². The van der Waals surface area contributed by atoms with E-state index in [-0.39, 0.29) is 0 Å². The number of amides is 1. The Kier molecular flexibility index (Phi) is 4.56. The molecule has 1 aromatic rings. The molecule has 0 aliphatic heterocycles. The van der Waals surface area contributed by atoms with Gasteiger partial charge in [-0.2, -0.15) is 0 Å². The van der Waals surface area contributed by atoms with Crippen molar-refractivity contribution in [1.29, 1.82) is 0 Å². The molecule has 0 radical (unpaired) electrons. The highest BCUT2D eigenvalue weighted by molar-refractivity contribution is 9.10. The van der Waals surface area contributed by atoms with Gasteiger partial charge in [0.1, 0.15) is 0 Å². The van der Waals surface area contributed by atoms with Crippen molar-refractivity contribution in [3.8, 4) is 0 Å². The molecule has 0 unspecified atom stereocenters. The lowest BCUT2D eigenvalue weighted by molar-refractivity contribution is -0.115. The van der Waals surface area contributed by atoms with Gasteiger partial charge in [0, 0.05) is 4.47 Å². The molecule has 1 N–H and O–H groups in total. The number of carbonyl (C=O) groups is 1. The zero-order chi connectivity index (χ0) is 11.6. The van der Waals surface area contributed by atoms with E-state index < -0.39 is 9.70 Å². The minimum atomic E-state index is -2.00. The van der Waals surface area contributed by atoms with Crippen LogP contribution < -0.4 is 5.32 Å². The van der Waals surface area contributed by atoms with Crippen molar-refractivity contribution < 1.29 is 4.79 Å². The van der Waals surface area contributed by atoms with Crippen LogP contribution in [0.1, 0.15) is 0 Å². The predicted molar refractivity (Wildman–Crippen MR) is 68.1 cm³/mol. The van der Waals surface area contributed by atoms with Gasteiger partial charge in [0.05, 0.1) is 10.7 Å². The van der Waals surface area contributed by atoms with Crippen molar-refractivity contribution in [1.82, 2.24) is 0 Å². The first-order valence-corrected chi connectivity index (χ1v) is 5.94. The normalized spacial score (nSPS) is 11.3. The summed E-state index contributed by atoms with van der Waals surface area (Å²) in [7, 11) is 0. The Morgan fingerprint density at radius 1 is 1.33 bits per heavy atom. The molecule has 2 nitrogen and oxygen atoms in total. The second-order valence-electron chi connectivity index (χ2n) is 2.58. The molecular weight excluding hydrogens is 348 g/mol. The Bertz CT molecular complexity index is 391. The van der Waals surface area contributed by atoms with Gasteiger partial charge >= 0.3 is 0 Å². The number of anilines is 1. The first-order chi connectivity index (χ1) is 6.80. The minimum absolute atomic E-state index is 0.354. The van der Waals surface area contributed by atoms with Gasteiger partial charge in [-0.3, -0.25) is 4.79 Å². The number of halogens is 5. The average Bonchev–Trinajstić information content (AvgIpc) is 2.08. The van der Waals surface area contributed by atoms with Gasteiger partial charge in [-0.1, -0.05) is 62.3 Å². The number of rotatable bonds is 1. The highest BCUT2D eigenvalue weighted by atomic mass is 79.9. The van der Waals surface area contributed by atoms with Crippen LogP contribution in [0, 0.1) is 0 Å². The molecule has 0 spiro atoms. The van der Waals surface area contributed by atoms with Gasteiger partial charge in [-0.05, 0) is 18.2 Å². The quantitative estimate of drug-likeness (QED) is 0.746. The lowest BCUT2D eigenvalue weighted by Gasteiger charge is -2.12. The third-order valence-corrected chi connectivity index (χ3v) is 2.76. The van der Waals surface area contributed by atoms with Gasteiger partial charge in [0.2, 0.25) is 0 Å². The van der Waals surface area contributed by atoms with Crippen molar-refractivity contribution in [3.05, 3.63) is 27.7 Å². The maximum absolute atomic E-state index is 11.3. The van der Waals surface area contributed by atoms with Crippen LogP contribution >= 0.6 is 62.3 Å². The Hall–Kier alpha value is 0.330. The Balaban J connectivity index is 2.87. The third kappa shape index (κ3) is 4.00. The molecule has 0 bridgehead atoms. The lowest BCUT2D eigenvalue weighted by Crippen LogP contribution is -2.27. The first kappa shape index (κ1) is 13.4. The molecular formula is C8H4BrCl4NO. The average molecular weight is 352 g/mol. The summed E-state index contributed by atoms with van der Waals surface area (Å²) in [6.45, 7) is 0. The number of alkyl halides is 3. The summed E-state index contributed by atoms with van der Waals surface area (Å²) < 4.78 is -1.21. The maximum Gasteiger partial charge on any atom is 0.276 e. The molecule has 0 aliphatic rings. The fourth-order valence-corrected chi connectivity index (χ4v) is 1.65. The number of carbonyl (C=O) groups excluding carboxylic acids is 1. The Morgan fingerprint density at radius 2 is 1.93 bits per heavy atom. The summed E-state index contributed by atoms with van der Waals surface area (Å²) in [4.78, 5) is 11.3. The van der Waals surface area contributed by atoms with Crippen LogP contribution in [0.3, 0.4) is 0 Å². The molecule has 0 heterocycles. The van der Waals surface area contributed by atoms with Crippen LogP contribution in [0.25, 0.3) is 0 Å². The van der Waals surface area contributed by atoms with Crippen LogP contribution in [0.4, 0.5) is 5.69 Å². The van der Waals surface area contributed by atoms with E-state index in [1.54, 1.807) is 18.2 Å². The molecule has 0 saturated heterocycles. The van der Waals surface area contributed by atoms with E-state index in [2.05, 4.69) is 21.2 Å². The number of hydrogen-bond acceptors (Lipinski definition) is 1. The molecule has 82 valence electrons. The van der Waals surface area contributed by atoms with E-state index >= 15 is 0 Å². The molecule has 0 fully saturated rings. The number of nitrogens with one attached hydrogen (secondary N) is 1. The summed E-state index contributed by atoms with van der Waals surface area (Å²) in [6.07, 6.45) is 0. The lowest BCUT2D eigenvalue weighted by atomic mass is 10.3. The van der Waals surface area contributed by atoms with Crippen LogP contribution in [-0.4, -0.2) is 9.70 Å². The summed E-state index contributed by atoms with van der Waals surface area (Å²) in [5.41, 5.74) is 0.385. The first-order valence-electron chi connectivity index (χ1n) is 3.64. The van der Waals surface area contributed by atoms with Crippen molar-refractivity contribution in [3.63, 3.8) is 0 Å². The Morgan fingerprint density at radius 3 is 2.40 bits per heavy atom. The highest BCUT2D eigenvalue weighted by Crippen LogP contribution is 2.30. The third-order valence-electron chi connectivity index (χ3n) is 1.44. The zero-order valence-electron chi connectivity index (χ0n) is 7.03. The zero-order valence-corrected chi connectivity index (χ0v) is 11.6. The summed E-state index contributed by atoms with van der Waals surface area (Å²) in [6, 6.07) is 4.93. The van der Waals surface area contributed by atoms with E-state index in [0.29, 0.717) is 10.7 Å². The van der Waals surface area contributed by atoms with Crippen molar-refractivity contribution >= 4 is 73.9 Å². The SMILES string of the molecule is O=C(Nc1ccc(Br)cc1Cl)C(Cl)(Cl)Cl. The molecule has 0 aliphatic carbocycles. The fourth-order valence-electron chi connectivity index (χ4n) is 0.784. The molecule has 1 amide bonds. The van der Waals surface area contributed by atoms with Gasteiger partial charge in [0.25, 0.3) is 9.70 Å². The molecule has 1 aromatic carbocycles. The smallest absolute Gasteiger partial charge is 0.276 e. The fraction of sp³-hybridized carbons (Fsp3) is 0.125. The maximum atomic E-state index is 11.3. The molecule has 0 atom stereocenters. The van der Waals surface area contributed by atoms with Gasteiger partial charge in [-0.15, -0.1) is 0 Å². The molecule has 7 heteroatoms. The molecule has 15 heavy (non-hydrogen) atoms. The van der Waals surface area contributed by atoms with E-state index in [1.807, 2.05) is 0 Å². The summed E-state index contributed by atoms with van der Waals surface area (Å²) in [5, 5.41) is 2.74. The second kappa shape index (κ2) is 5.11. The van der Waals surface area contributed by atoms with Crippen LogP contribution in [0.15, 0.2) is 22.7 Å². The standard InChI is InChI=1S/C8H4BrCl4NO/c9-4-1-2-6(5(10)3-4)14-7(15)8(11,12)13/h1-3H,(H,14,15). The van der Waals surface area contributed by atoms with Crippen LogP contribution in [-0.2, 0) is 4.79 Å². The molecule has 0 aromatic heterocycles. The number of benzene rings is 1. The molecule has 1 rings (SSSR count). The van der Waals surface area contributed by atoms with Crippen LogP contribution in [0.5, 0.6) is 0 Å². The largest absolute Gasteiger partial charge is 0.321 e. The molecule has 0 saturated carbocycles. The monoisotopic (exact) mass is 349 g/mol. The van der Waals surface area contributed by atoms with Crippen molar-refractivity contribution in [2.45, 2.75) is 3.79 Å². The minimum Gasteiger partial charge on any atom is -0.321 e. The topological polar surface area (TPSA) is 29.1 Å².